The van der Waals surface area contributed by atoms with Crippen molar-refractivity contribution in [2.75, 3.05) is 13.7 Å². The molecule has 1 aliphatic rings. The minimum atomic E-state index is -0.207. The molecule has 1 amide bonds. The van der Waals surface area contributed by atoms with Crippen LogP contribution in [0.3, 0.4) is 0 Å². The monoisotopic (exact) mass is 277 g/mol. The quantitative estimate of drug-likeness (QED) is 0.843. The van der Waals surface area contributed by atoms with Crippen LogP contribution in [-0.4, -0.2) is 35.6 Å². The summed E-state index contributed by atoms with van der Waals surface area (Å²) in [4.78, 5) is 14.0. The van der Waals surface area contributed by atoms with Gasteiger partial charge in [0, 0.05) is 24.2 Å². The first-order chi connectivity index (χ1) is 9.13. The fraction of sp³-hybridized carbons (Fsp3) is 0.400. The van der Waals surface area contributed by atoms with E-state index in [2.05, 4.69) is 11.8 Å². The fourth-order valence-electron chi connectivity index (χ4n) is 2.03. The van der Waals surface area contributed by atoms with Crippen molar-refractivity contribution in [1.82, 2.24) is 4.90 Å². The molecule has 1 fully saturated rings. The van der Waals surface area contributed by atoms with Crippen molar-refractivity contribution in [3.8, 4) is 11.8 Å². The summed E-state index contributed by atoms with van der Waals surface area (Å²) >= 11 is 6.09. The highest BCUT2D eigenvalue weighted by atomic mass is 35.5. The summed E-state index contributed by atoms with van der Waals surface area (Å²) in [5.41, 5.74) is 1.20. The summed E-state index contributed by atoms with van der Waals surface area (Å²) in [6.45, 7) is -0.207. The van der Waals surface area contributed by atoms with Gasteiger partial charge in [-0.2, -0.15) is 0 Å². The van der Waals surface area contributed by atoms with Crippen molar-refractivity contribution < 1.29 is 9.90 Å². The Hall–Kier alpha value is -1.50. The van der Waals surface area contributed by atoms with Crippen molar-refractivity contribution >= 4 is 17.5 Å². The van der Waals surface area contributed by atoms with Crippen molar-refractivity contribution in [2.24, 2.45) is 0 Å². The summed E-state index contributed by atoms with van der Waals surface area (Å²) in [6, 6.07) is 5.44. The van der Waals surface area contributed by atoms with Gasteiger partial charge < -0.3 is 10.0 Å². The van der Waals surface area contributed by atoms with Crippen LogP contribution >= 0.6 is 11.6 Å². The molecule has 0 aromatic heterocycles. The maximum absolute atomic E-state index is 12.2. The number of benzene rings is 1. The summed E-state index contributed by atoms with van der Waals surface area (Å²) < 4.78 is 0. The number of nitrogens with zero attached hydrogens (tertiary/aromatic N) is 1. The largest absolute Gasteiger partial charge is 0.384 e. The van der Waals surface area contributed by atoms with Crippen LogP contribution in [0.2, 0.25) is 5.02 Å². The fourth-order valence-corrected chi connectivity index (χ4v) is 2.26. The molecule has 0 spiro atoms. The average molecular weight is 278 g/mol. The first-order valence-corrected chi connectivity index (χ1v) is 6.67. The molecular weight excluding hydrogens is 262 g/mol. The minimum absolute atomic E-state index is 0.00623. The van der Waals surface area contributed by atoms with Gasteiger partial charge in [-0.3, -0.25) is 4.79 Å². The smallest absolute Gasteiger partial charge is 0.253 e. The molecule has 1 N–H and O–H groups in total. The Morgan fingerprint density at radius 2 is 2.26 bits per heavy atom. The van der Waals surface area contributed by atoms with Gasteiger partial charge in [0.05, 0.1) is 5.02 Å². The standard InChI is InChI=1S/C15H16ClNO2/c1-17(13-5-2-6-13)15(19)12-8-7-11(4-3-9-18)14(16)10-12/h7-8,10,13,18H,2,5-6,9H2,1H3. The molecule has 3 nitrogen and oxygen atoms in total. The van der Waals surface area contributed by atoms with Crippen molar-refractivity contribution in [3.63, 3.8) is 0 Å². The molecule has 19 heavy (non-hydrogen) atoms. The predicted octanol–water partition coefficient (Wildman–Crippen LogP) is 2.31. The molecule has 100 valence electrons. The second kappa shape index (κ2) is 6.10. The van der Waals surface area contributed by atoms with E-state index in [0.29, 0.717) is 22.2 Å². The third-order valence-electron chi connectivity index (χ3n) is 3.46. The lowest BCUT2D eigenvalue weighted by Gasteiger charge is -2.34. The minimum Gasteiger partial charge on any atom is -0.384 e. The summed E-state index contributed by atoms with van der Waals surface area (Å²) in [5, 5.41) is 9.09. The highest BCUT2D eigenvalue weighted by Gasteiger charge is 2.26. The van der Waals surface area contributed by atoms with E-state index in [-0.39, 0.29) is 12.5 Å². The molecule has 0 bridgehead atoms. The first-order valence-electron chi connectivity index (χ1n) is 6.30. The van der Waals surface area contributed by atoms with E-state index in [1.165, 1.54) is 6.42 Å². The van der Waals surface area contributed by atoms with Gasteiger partial charge in [0.1, 0.15) is 6.61 Å². The number of aliphatic hydroxyl groups is 1. The van der Waals surface area contributed by atoms with Gasteiger partial charge in [0.2, 0.25) is 0 Å². The molecule has 1 saturated carbocycles. The lowest BCUT2D eigenvalue weighted by Crippen LogP contribution is -2.41. The Kier molecular flexibility index (Phi) is 4.47. The van der Waals surface area contributed by atoms with Crippen LogP contribution < -0.4 is 0 Å². The van der Waals surface area contributed by atoms with E-state index in [1.54, 1.807) is 23.1 Å². The van der Waals surface area contributed by atoms with Gasteiger partial charge in [0.25, 0.3) is 5.91 Å². The first kappa shape index (κ1) is 13.9. The lowest BCUT2D eigenvalue weighted by molar-refractivity contribution is 0.0652. The van der Waals surface area contributed by atoms with Gasteiger partial charge in [-0.1, -0.05) is 23.4 Å². The number of carbonyl (C=O) groups is 1. The van der Waals surface area contributed by atoms with Crippen molar-refractivity contribution in [2.45, 2.75) is 25.3 Å². The topological polar surface area (TPSA) is 40.5 Å². The number of carbonyl (C=O) groups excluding carboxylic acids is 1. The molecule has 0 radical (unpaired) electrons. The normalized spacial score (nSPS) is 14.3. The summed E-state index contributed by atoms with van der Waals surface area (Å²) in [7, 11) is 1.83. The van der Waals surface area contributed by atoms with Crippen LogP contribution in [0.25, 0.3) is 0 Å². The molecule has 1 aliphatic carbocycles. The zero-order chi connectivity index (χ0) is 13.8. The zero-order valence-corrected chi connectivity index (χ0v) is 11.6. The Morgan fingerprint density at radius 3 is 2.79 bits per heavy atom. The van der Waals surface area contributed by atoms with E-state index in [1.807, 2.05) is 7.05 Å². The van der Waals surface area contributed by atoms with Gasteiger partial charge in [0.15, 0.2) is 0 Å². The predicted molar refractivity (Wildman–Crippen MR) is 75.1 cm³/mol. The zero-order valence-electron chi connectivity index (χ0n) is 10.8. The van der Waals surface area contributed by atoms with Crippen molar-refractivity contribution in [3.05, 3.63) is 34.3 Å². The summed E-state index contributed by atoms with van der Waals surface area (Å²) in [6.07, 6.45) is 3.35. The molecule has 1 aromatic rings. The number of rotatable bonds is 2. The Labute approximate surface area is 118 Å². The molecule has 4 heteroatoms. The SMILES string of the molecule is CN(C(=O)c1ccc(C#CCO)c(Cl)c1)C1CCC1. The Bertz CT molecular complexity index is 541. The molecule has 1 aromatic carbocycles. The second-order valence-electron chi connectivity index (χ2n) is 4.66. The molecular formula is C15H16ClNO2. The van der Waals surface area contributed by atoms with Crippen LogP contribution in [0.15, 0.2) is 18.2 Å². The van der Waals surface area contributed by atoms with E-state index in [0.717, 1.165) is 12.8 Å². The van der Waals surface area contributed by atoms with Crippen LogP contribution in [-0.2, 0) is 0 Å². The molecule has 0 unspecified atom stereocenters. The number of hydrogen-bond acceptors (Lipinski definition) is 2. The number of hydrogen-bond donors (Lipinski definition) is 1. The highest BCUT2D eigenvalue weighted by Crippen LogP contribution is 2.25. The maximum atomic E-state index is 12.2. The number of halogens is 1. The Morgan fingerprint density at radius 1 is 1.53 bits per heavy atom. The van der Waals surface area contributed by atoms with Gasteiger partial charge in [-0.15, -0.1) is 0 Å². The van der Waals surface area contributed by atoms with E-state index < -0.39 is 0 Å². The number of aliphatic hydroxyl groups excluding tert-OH is 1. The number of amides is 1. The van der Waals surface area contributed by atoms with E-state index in [9.17, 15) is 4.79 Å². The maximum Gasteiger partial charge on any atom is 0.253 e. The van der Waals surface area contributed by atoms with Gasteiger partial charge in [-0.05, 0) is 37.5 Å². The summed E-state index contributed by atoms with van der Waals surface area (Å²) in [5.74, 6) is 5.28. The molecule has 2 rings (SSSR count). The molecule has 0 atom stereocenters. The van der Waals surface area contributed by atoms with Gasteiger partial charge in [-0.25, -0.2) is 0 Å². The van der Waals surface area contributed by atoms with Gasteiger partial charge >= 0.3 is 0 Å². The Balaban J connectivity index is 2.16. The van der Waals surface area contributed by atoms with E-state index in [4.69, 9.17) is 16.7 Å². The molecule has 0 aliphatic heterocycles. The van der Waals surface area contributed by atoms with Crippen molar-refractivity contribution in [1.29, 1.82) is 0 Å². The van der Waals surface area contributed by atoms with Crippen LogP contribution in [0, 0.1) is 11.8 Å². The van der Waals surface area contributed by atoms with Crippen LogP contribution in [0.1, 0.15) is 35.2 Å². The van der Waals surface area contributed by atoms with Crippen LogP contribution in [0.4, 0.5) is 0 Å². The lowest BCUT2D eigenvalue weighted by atomic mass is 9.91. The third kappa shape index (κ3) is 3.09. The average Bonchev–Trinajstić information content (AvgIpc) is 2.34. The molecule has 0 heterocycles. The van der Waals surface area contributed by atoms with Crippen LogP contribution in [0.5, 0.6) is 0 Å². The van der Waals surface area contributed by atoms with E-state index >= 15 is 0 Å². The molecule has 0 saturated heterocycles. The third-order valence-corrected chi connectivity index (χ3v) is 3.77. The highest BCUT2D eigenvalue weighted by molar-refractivity contribution is 6.32. The second-order valence-corrected chi connectivity index (χ2v) is 5.06.